The van der Waals surface area contributed by atoms with Gasteiger partial charge >= 0.3 is 0 Å². The van der Waals surface area contributed by atoms with Gasteiger partial charge in [-0.3, -0.25) is 0 Å². The van der Waals surface area contributed by atoms with E-state index in [-0.39, 0.29) is 0 Å². The van der Waals surface area contributed by atoms with Gasteiger partial charge in [0.1, 0.15) is 11.8 Å². The lowest BCUT2D eigenvalue weighted by Crippen LogP contribution is -2.31. The number of imidazole rings is 1. The first-order valence-corrected chi connectivity index (χ1v) is 8.16. The predicted octanol–water partition coefficient (Wildman–Crippen LogP) is 2.82. The summed E-state index contributed by atoms with van der Waals surface area (Å²) in [4.78, 5) is 15.6. The van der Waals surface area contributed by atoms with E-state index in [0.717, 1.165) is 29.9 Å². The topological polar surface area (TPSA) is 46.8 Å². The summed E-state index contributed by atoms with van der Waals surface area (Å²) >= 11 is 0. The number of benzene rings is 1. The normalized spacial score (nSPS) is 21.2. The Kier molecular flexibility index (Phi) is 3.48. The first-order valence-electron chi connectivity index (χ1n) is 8.16. The first kappa shape index (κ1) is 14.2. The molecule has 1 aliphatic rings. The number of hydrogen-bond donors (Lipinski definition) is 0. The Hall–Kier alpha value is -2.43. The minimum atomic E-state index is 0.461. The molecule has 0 radical (unpaired) electrons. The minimum absolute atomic E-state index is 0.461. The van der Waals surface area contributed by atoms with Gasteiger partial charge in [-0.05, 0) is 31.2 Å². The highest BCUT2D eigenvalue weighted by Gasteiger charge is 2.33. The van der Waals surface area contributed by atoms with Gasteiger partial charge in [-0.15, -0.1) is 0 Å². The second-order valence-corrected chi connectivity index (χ2v) is 6.40. The van der Waals surface area contributed by atoms with Crippen LogP contribution < -0.4 is 4.90 Å². The van der Waals surface area contributed by atoms with E-state index >= 15 is 0 Å². The number of hydrogen-bond acceptors (Lipinski definition) is 4. The molecular formula is C18H21N5. The quantitative estimate of drug-likeness (QED) is 0.746. The SMILES string of the molecule is CC1C(Cc2ccccc2)CCN1c1ncnc2ncn(C)c12. The lowest BCUT2D eigenvalue weighted by Gasteiger charge is -2.26. The monoisotopic (exact) mass is 307 g/mol. The average Bonchev–Trinajstić information content (AvgIpc) is 3.13. The van der Waals surface area contributed by atoms with Crippen LogP contribution in [-0.4, -0.2) is 32.1 Å². The van der Waals surface area contributed by atoms with E-state index in [1.54, 1.807) is 6.33 Å². The maximum Gasteiger partial charge on any atom is 0.182 e. The van der Waals surface area contributed by atoms with Crippen molar-refractivity contribution in [3.05, 3.63) is 48.5 Å². The smallest absolute Gasteiger partial charge is 0.182 e. The fourth-order valence-corrected chi connectivity index (χ4v) is 3.67. The van der Waals surface area contributed by atoms with Crippen LogP contribution in [0.15, 0.2) is 43.0 Å². The molecule has 2 aromatic heterocycles. The Morgan fingerprint density at radius 3 is 2.78 bits per heavy atom. The Bertz CT molecular complexity index is 811. The predicted molar refractivity (Wildman–Crippen MR) is 91.4 cm³/mol. The van der Waals surface area contributed by atoms with Crippen LogP contribution in [0.5, 0.6) is 0 Å². The molecule has 5 nitrogen and oxygen atoms in total. The van der Waals surface area contributed by atoms with Crippen molar-refractivity contribution >= 4 is 17.0 Å². The maximum atomic E-state index is 4.57. The van der Waals surface area contributed by atoms with Gasteiger partial charge in [0.2, 0.25) is 0 Å². The summed E-state index contributed by atoms with van der Waals surface area (Å²) in [5, 5.41) is 0. The van der Waals surface area contributed by atoms with Crippen LogP contribution in [0.2, 0.25) is 0 Å². The van der Waals surface area contributed by atoms with Gasteiger partial charge in [0.05, 0.1) is 6.33 Å². The van der Waals surface area contributed by atoms with E-state index in [1.165, 1.54) is 12.0 Å². The van der Waals surface area contributed by atoms with E-state index in [4.69, 9.17) is 0 Å². The van der Waals surface area contributed by atoms with Gasteiger partial charge in [0, 0.05) is 19.6 Å². The molecule has 2 atom stereocenters. The fourth-order valence-electron chi connectivity index (χ4n) is 3.67. The molecule has 4 rings (SSSR count). The average molecular weight is 307 g/mol. The summed E-state index contributed by atoms with van der Waals surface area (Å²) in [6, 6.07) is 11.2. The molecular weight excluding hydrogens is 286 g/mol. The van der Waals surface area contributed by atoms with Gasteiger partial charge in [-0.1, -0.05) is 30.3 Å². The summed E-state index contributed by atoms with van der Waals surface area (Å²) in [7, 11) is 2.00. The third-order valence-electron chi connectivity index (χ3n) is 5.02. The lowest BCUT2D eigenvalue weighted by atomic mass is 9.93. The van der Waals surface area contributed by atoms with E-state index in [0.29, 0.717) is 12.0 Å². The number of aromatic nitrogens is 4. The van der Waals surface area contributed by atoms with Gasteiger partial charge in [0.15, 0.2) is 11.5 Å². The largest absolute Gasteiger partial charge is 0.352 e. The number of aryl methyl sites for hydroxylation is 1. The summed E-state index contributed by atoms with van der Waals surface area (Å²) in [6.07, 6.45) is 5.75. The summed E-state index contributed by atoms with van der Waals surface area (Å²) in [5.41, 5.74) is 3.22. The van der Waals surface area contributed by atoms with Crippen LogP contribution >= 0.6 is 0 Å². The first-order chi connectivity index (χ1) is 11.2. The number of rotatable bonds is 3. The lowest BCUT2D eigenvalue weighted by molar-refractivity contribution is 0.493. The van der Waals surface area contributed by atoms with Crippen molar-refractivity contribution in [2.45, 2.75) is 25.8 Å². The van der Waals surface area contributed by atoms with E-state index in [9.17, 15) is 0 Å². The van der Waals surface area contributed by atoms with Gasteiger partial charge in [-0.2, -0.15) is 0 Å². The number of nitrogens with zero attached hydrogens (tertiary/aromatic N) is 5. The van der Waals surface area contributed by atoms with Crippen molar-refractivity contribution in [1.29, 1.82) is 0 Å². The molecule has 3 aromatic rings. The minimum Gasteiger partial charge on any atom is -0.352 e. The standard InChI is InChI=1S/C18H21N5/c1-13-15(10-14-6-4-3-5-7-14)8-9-23(13)18-16-17(19-11-20-18)21-12-22(16)2/h3-7,11-13,15H,8-10H2,1-2H3. The Balaban J connectivity index is 1.62. The number of fused-ring (bicyclic) bond motifs is 1. The fraction of sp³-hybridized carbons (Fsp3) is 0.389. The van der Waals surface area contributed by atoms with Crippen molar-refractivity contribution in [2.75, 3.05) is 11.4 Å². The molecule has 0 saturated carbocycles. The molecule has 0 amide bonds. The molecule has 1 saturated heterocycles. The molecule has 0 N–H and O–H groups in total. The molecule has 5 heteroatoms. The van der Waals surface area contributed by atoms with Crippen LogP contribution in [0.1, 0.15) is 18.9 Å². The van der Waals surface area contributed by atoms with Crippen LogP contribution in [-0.2, 0) is 13.5 Å². The molecule has 23 heavy (non-hydrogen) atoms. The van der Waals surface area contributed by atoms with Crippen molar-refractivity contribution in [3.63, 3.8) is 0 Å². The molecule has 0 spiro atoms. The second-order valence-electron chi connectivity index (χ2n) is 6.40. The zero-order valence-electron chi connectivity index (χ0n) is 13.6. The van der Waals surface area contributed by atoms with Gasteiger partial charge in [0.25, 0.3) is 0 Å². The zero-order valence-corrected chi connectivity index (χ0v) is 13.6. The van der Waals surface area contributed by atoms with Crippen LogP contribution in [0.25, 0.3) is 11.2 Å². The zero-order chi connectivity index (χ0) is 15.8. The molecule has 0 bridgehead atoms. The third-order valence-corrected chi connectivity index (χ3v) is 5.02. The Morgan fingerprint density at radius 2 is 1.96 bits per heavy atom. The molecule has 118 valence electrons. The molecule has 1 aromatic carbocycles. The van der Waals surface area contributed by atoms with Crippen LogP contribution in [0.3, 0.4) is 0 Å². The molecule has 3 heterocycles. The van der Waals surface area contributed by atoms with Crippen LogP contribution in [0, 0.1) is 5.92 Å². The highest BCUT2D eigenvalue weighted by Crippen LogP contribution is 2.33. The Labute approximate surface area is 136 Å². The molecule has 2 unspecified atom stereocenters. The highest BCUT2D eigenvalue weighted by atomic mass is 15.3. The number of anilines is 1. The maximum absolute atomic E-state index is 4.57. The van der Waals surface area contributed by atoms with Crippen molar-refractivity contribution < 1.29 is 0 Å². The summed E-state index contributed by atoms with van der Waals surface area (Å²) < 4.78 is 2.02. The van der Waals surface area contributed by atoms with Crippen molar-refractivity contribution in [1.82, 2.24) is 19.5 Å². The highest BCUT2D eigenvalue weighted by molar-refractivity contribution is 5.83. The van der Waals surface area contributed by atoms with Crippen LogP contribution in [0.4, 0.5) is 5.82 Å². The molecule has 1 aliphatic heterocycles. The van der Waals surface area contributed by atoms with Crippen molar-refractivity contribution in [3.8, 4) is 0 Å². The van der Waals surface area contributed by atoms with E-state index in [1.807, 2.05) is 17.9 Å². The Morgan fingerprint density at radius 1 is 1.13 bits per heavy atom. The summed E-state index contributed by atoms with van der Waals surface area (Å²) in [6.45, 7) is 3.35. The molecule has 1 fully saturated rings. The van der Waals surface area contributed by atoms with Gasteiger partial charge < -0.3 is 9.47 Å². The van der Waals surface area contributed by atoms with E-state index in [2.05, 4.69) is 57.1 Å². The second kappa shape index (κ2) is 5.65. The van der Waals surface area contributed by atoms with Crippen molar-refractivity contribution in [2.24, 2.45) is 13.0 Å². The summed E-state index contributed by atoms with van der Waals surface area (Å²) in [5.74, 6) is 1.66. The molecule has 0 aliphatic carbocycles. The van der Waals surface area contributed by atoms with Gasteiger partial charge in [-0.25, -0.2) is 15.0 Å². The third kappa shape index (κ3) is 2.46. The van der Waals surface area contributed by atoms with E-state index < -0.39 is 0 Å².